The Labute approximate surface area is 124 Å². The second-order valence-electron chi connectivity index (χ2n) is 4.89. The Morgan fingerprint density at radius 2 is 1.90 bits per heavy atom. The molecule has 0 radical (unpaired) electrons. The summed E-state index contributed by atoms with van der Waals surface area (Å²) in [6.45, 7) is 5.64. The molecule has 0 spiro atoms. The van der Waals surface area contributed by atoms with Gasteiger partial charge in [-0.05, 0) is 37.1 Å². The van der Waals surface area contributed by atoms with Crippen molar-refractivity contribution in [1.29, 1.82) is 0 Å². The number of hydrogen-bond donors (Lipinski definition) is 1. The number of benzene rings is 1. The topological polar surface area (TPSA) is 58.6 Å². The first kappa shape index (κ1) is 15.1. The third-order valence-corrected chi connectivity index (χ3v) is 3.34. The first-order valence-electron chi connectivity index (χ1n) is 7.10. The Kier molecular flexibility index (Phi) is 5.37. The van der Waals surface area contributed by atoms with E-state index in [1.54, 1.807) is 35.2 Å². The minimum atomic E-state index is -0.252. The molecule has 1 aromatic rings. The maximum Gasteiger partial charge on any atom is 0.251 e. The van der Waals surface area contributed by atoms with Gasteiger partial charge in [0.2, 0.25) is 5.91 Å². The Morgan fingerprint density at radius 3 is 2.52 bits per heavy atom. The quantitative estimate of drug-likeness (QED) is 0.809. The fourth-order valence-corrected chi connectivity index (χ4v) is 2.19. The Bertz CT molecular complexity index is 505. The van der Waals surface area contributed by atoms with Crippen molar-refractivity contribution in [2.45, 2.75) is 12.8 Å². The van der Waals surface area contributed by atoms with Gasteiger partial charge < -0.3 is 15.0 Å². The van der Waals surface area contributed by atoms with Crippen LogP contribution < -0.4 is 10.1 Å². The lowest BCUT2D eigenvalue weighted by molar-refractivity contribution is -0.129. The van der Waals surface area contributed by atoms with E-state index in [0.717, 1.165) is 25.9 Å². The van der Waals surface area contributed by atoms with Gasteiger partial charge in [-0.25, -0.2) is 0 Å². The number of hydrogen-bond acceptors (Lipinski definition) is 3. The van der Waals surface area contributed by atoms with Crippen molar-refractivity contribution >= 4 is 11.8 Å². The molecular formula is C16H20N2O3. The molecule has 1 aliphatic heterocycles. The zero-order chi connectivity index (χ0) is 15.1. The number of ether oxygens (including phenoxy) is 1. The Balaban J connectivity index is 1.82. The van der Waals surface area contributed by atoms with Crippen molar-refractivity contribution in [1.82, 2.24) is 10.2 Å². The van der Waals surface area contributed by atoms with E-state index < -0.39 is 0 Å². The molecule has 1 N–H and O–H groups in total. The summed E-state index contributed by atoms with van der Waals surface area (Å²) in [5.74, 6) is 0.407. The van der Waals surface area contributed by atoms with Crippen LogP contribution in [0.25, 0.3) is 0 Å². The summed E-state index contributed by atoms with van der Waals surface area (Å²) in [6, 6.07) is 6.80. The predicted molar refractivity (Wildman–Crippen MR) is 80.3 cm³/mol. The van der Waals surface area contributed by atoms with Crippen LogP contribution >= 0.6 is 0 Å². The molecule has 2 amide bonds. The monoisotopic (exact) mass is 288 g/mol. The second-order valence-corrected chi connectivity index (χ2v) is 4.89. The standard InChI is InChI=1S/C16H20N2O3/c1-2-11-21-14-7-5-13(6-8-14)16(20)17-12-15(19)18-9-3-4-10-18/h2,5-8H,1,3-4,9-12H2,(H,17,20). The smallest absolute Gasteiger partial charge is 0.251 e. The number of rotatable bonds is 6. The van der Waals surface area contributed by atoms with E-state index in [-0.39, 0.29) is 18.4 Å². The van der Waals surface area contributed by atoms with E-state index in [9.17, 15) is 9.59 Å². The molecular weight excluding hydrogens is 268 g/mol. The average molecular weight is 288 g/mol. The molecule has 5 heteroatoms. The Hall–Kier alpha value is -2.30. The first-order chi connectivity index (χ1) is 10.2. The molecule has 1 saturated heterocycles. The van der Waals surface area contributed by atoms with Crippen LogP contribution in [-0.4, -0.2) is 43.0 Å². The van der Waals surface area contributed by atoms with E-state index in [1.165, 1.54) is 0 Å². The fourth-order valence-electron chi connectivity index (χ4n) is 2.19. The summed E-state index contributed by atoms with van der Waals surface area (Å²) in [4.78, 5) is 25.6. The summed E-state index contributed by atoms with van der Waals surface area (Å²) < 4.78 is 5.35. The lowest BCUT2D eigenvalue weighted by Gasteiger charge is -2.15. The number of nitrogens with zero attached hydrogens (tertiary/aromatic N) is 1. The Morgan fingerprint density at radius 1 is 1.24 bits per heavy atom. The molecule has 2 rings (SSSR count). The van der Waals surface area contributed by atoms with Crippen LogP contribution in [-0.2, 0) is 4.79 Å². The highest BCUT2D eigenvalue weighted by atomic mass is 16.5. The van der Waals surface area contributed by atoms with Gasteiger partial charge in [0.1, 0.15) is 12.4 Å². The normalized spacial score (nSPS) is 13.8. The molecule has 1 aliphatic rings. The van der Waals surface area contributed by atoms with Crippen LogP contribution in [0.4, 0.5) is 0 Å². The molecule has 21 heavy (non-hydrogen) atoms. The average Bonchev–Trinajstić information content (AvgIpc) is 3.05. The van der Waals surface area contributed by atoms with Crippen molar-refractivity contribution in [3.8, 4) is 5.75 Å². The van der Waals surface area contributed by atoms with E-state index in [1.807, 2.05) is 0 Å². The highest BCUT2D eigenvalue weighted by molar-refractivity contribution is 5.96. The SMILES string of the molecule is C=CCOc1ccc(C(=O)NCC(=O)N2CCCC2)cc1. The van der Waals surface area contributed by atoms with E-state index in [0.29, 0.717) is 17.9 Å². The minimum Gasteiger partial charge on any atom is -0.490 e. The molecule has 1 aromatic carbocycles. The molecule has 112 valence electrons. The van der Waals surface area contributed by atoms with Gasteiger partial charge in [0.25, 0.3) is 5.91 Å². The van der Waals surface area contributed by atoms with Gasteiger partial charge in [-0.1, -0.05) is 12.7 Å². The molecule has 0 aliphatic carbocycles. The second kappa shape index (κ2) is 7.47. The summed E-state index contributed by atoms with van der Waals surface area (Å²) >= 11 is 0. The number of nitrogens with one attached hydrogen (secondary N) is 1. The lowest BCUT2D eigenvalue weighted by atomic mass is 10.2. The maximum atomic E-state index is 12.0. The van der Waals surface area contributed by atoms with Crippen molar-refractivity contribution in [2.24, 2.45) is 0 Å². The number of carbonyl (C=O) groups excluding carboxylic acids is 2. The fraction of sp³-hybridized carbons (Fsp3) is 0.375. The van der Waals surface area contributed by atoms with Crippen LogP contribution in [0.3, 0.4) is 0 Å². The summed E-state index contributed by atoms with van der Waals surface area (Å²) in [7, 11) is 0. The summed E-state index contributed by atoms with van der Waals surface area (Å²) in [5, 5.41) is 2.65. The lowest BCUT2D eigenvalue weighted by Crippen LogP contribution is -2.38. The van der Waals surface area contributed by atoms with Gasteiger partial charge in [0, 0.05) is 18.7 Å². The van der Waals surface area contributed by atoms with E-state index >= 15 is 0 Å². The molecule has 0 aromatic heterocycles. The predicted octanol–water partition coefficient (Wildman–Crippen LogP) is 1.60. The molecule has 0 saturated carbocycles. The molecule has 1 fully saturated rings. The van der Waals surface area contributed by atoms with Crippen LogP contribution in [0.2, 0.25) is 0 Å². The summed E-state index contributed by atoms with van der Waals surface area (Å²) in [5.41, 5.74) is 0.509. The minimum absolute atomic E-state index is 0.0215. The van der Waals surface area contributed by atoms with Gasteiger partial charge in [-0.3, -0.25) is 9.59 Å². The van der Waals surface area contributed by atoms with Gasteiger partial charge in [0.05, 0.1) is 6.54 Å². The van der Waals surface area contributed by atoms with Crippen LogP contribution in [0.5, 0.6) is 5.75 Å². The number of likely N-dealkylation sites (tertiary alicyclic amines) is 1. The van der Waals surface area contributed by atoms with Gasteiger partial charge >= 0.3 is 0 Å². The highest BCUT2D eigenvalue weighted by Crippen LogP contribution is 2.12. The molecule has 0 unspecified atom stereocenters. The third kappa shape index (κ3) is 4.34. The molecule has 5 nitrogen and oxygen atoms in total. The van der Waals surface area contributed by atoms with Crippen molar-refractivity contribution in [3.63, 3.8) is 0 Å². The zero-order valence-corrected chi connectivity index (χ0v) is 12.0. The van der Waals surface area contributed by atoms with E-state index in [4.69, 9.17) is 4.74 Å². The van der Waals surface area contributed by atoms with Crippen molar-refractivity contribution in [2.75, 3.05) is 26.2 Å². The number of amides is 2. The largest absolute Gasteiger partial charge is 0.490 e. The van der Waals surface area contributed by atoms with Crippen molar-refractivity contribution < 1.29 is 14.3 Å². The van der Waals surface area contributed by atoms with Gasteiger partial charge in [-0.2, -0.15) is 0 Å². The summed E-state index contributed by atoms with van der Waals surface area (Å²) in [6.07, 6.45) is 3.75. The van der Waals surface area contributed by atoms with Gasteiger partial charge in [-0.15, -0.1) is 0 Å². The number of carbonyl (C=O) groups is 2. The first-order valence-corrected chi connectivity index (χ1v) is 7.10. The molecule has 1 heterocycles. The van der Waals surface area contributed by atoms with Crippen LogP contribution in [0.15, 0.2) is 36.9 Å². The zero-order valence-electron chi connectivity index (χ0n) is 12.0. The molecule has 0 atom stereocenters. The van der Waals surface area contributed by atoms with E-state index in [2.05, 4.69) is 11.9 Å². The maximum absolute atomic E-state index is 12.0. The van der Waals surface area contributed by atoms with Crippen LogP contribution in [0, 0.1) is 0 Å². The van der Waals surface area contributed by atoms with Gasteiger partial charge in [0.15, 0.2) is 0 Å². The highest BCUT2D eigenvalue weighted by Gasteiger charge is 2.18. The van der Waals surface area contributed by atoms with Crippen LogP contribution in [0.1, 0.15) is 23.2 Å². The third-order valence-electron chi connectivity index (χ3n) is 3.34. The molecule has 0 bridgehead atoms. The van der Waals surface area contributed by atoms with Crippen molar-refractivity contribution in [3.05, 3.63) is 42.5 Å².